The predicted molar refractivity (Wildman–Crippen MR) is 71.3 cm³/mol. The SMILES string of the molecule is CC(C(=O)OCc1ccccc1)N1CCCCC1=O. The molecule has 4 heteroatoms. The molecule has 19 heavy (non-hydrogen) atoms. The van der Waals surface area contributed by atoms with Crippen LogP contribution in [0.3, 0.4) is 0 Å². The summed E-state index contributed by atoms with van der Waals surface area (Å²) in [5.41, 5.74) is 0.952. The van der Waals surface area contributed by atoms with Gasteiger partial charge in [0.15, 0.2) is 0 Å². The van der Waals surface area contributed by atoms with Crippen LogP contribution in [0, 0.1) is 0 Å². The van der Waals surface area contributed by atoms with Gasteiger partial charge in [0.05, 0.1) is 0 Å². The molecule has 1 heterocycles. The number of piperidine rings is 1. The number of esters is 1. The predicted octanol–water partition coefficient (Wildman–Crippen LogP) is 2.13. The maximum absolute atomic E-state index is 11.9. The smallest absolute Gasteiger partial charge is 0.328 e. The standard InChI is InChI=1S/C15H19NO3/c1-12(16-10-6-5-9-14(16)17)15(18)19-11-13-7-3-2-4-8-13/h2-4,7-8,12H,5-6,9-11H2,1H3. The molecule has 4 nitrogen and oxygen atoms in total. The van der Waals surface area contributed by atoms with E-state index in [0.29, 0.717) is 13.0 Å². The Labute approximate surface area is 113 Å². The summed E-state index contributed by atoms with van der Waals surface area (Å²) in [5.74, 6) is -0.283. The lowest BCUT2D eigenvalue weighted by molar-refractivity contribution is -0.156. The molecular formula is C15H19NO3. The van der Waals surface area contributed by atoms with E-state index in [4.69, 9.17) is 4.74 Å². The summed E-state index contributed by atoms with van der Waals surface area (Å²) in [6.45, 7) is 2.64. The molecule has 1 aromatic carbocycles. The van der Waals surface area contributed by atoms with E-state index < -0.39 is 6.04 Å². The van der Waals surface area contributed by atoms with Gasteiger partial charge in [0.1, 0.15) is 12.6 Å². The maximum atomic E-state index is 11.9. The second-order valence-corrected chi connectivity index (χ2v) is 4.81. The van der Waals surface area contributed by atoms with E-state index in [9.17, 15) is 9.59 Å². The Morgan fingerprint density at radius 2 is 2.05 bits per heavy atom. The number of hydrogen-bond acceptors (Lipinski definition) is 3. The van der Waals surface area contributed by atoms with Crippen molar-refractivity contribution in [3.05, 3.63) is 35.9 Å². The number of carbonyl (C=O) groups excluding carboxylic acids is 2. The normalized spacial score (nSPS) is 17.1. The van der Waals surface area contributed by atoms with Crippen LogP contribution >= 0.6 is 0 Å². The quantitative estimate of drug-likeness (QED) is 0.780. The molecule has 102 valence electrons. The first-order valence-electron chi connectivity index (χ1n) is 6.68. The monoisotopic (exact) mass is 261 g/mol. The molecule has 0 bridgehead atoms. The van der Waals surface area contributed by atoms with Crippen molar-refractivity contribution in [2.75, 3.05) is 6.54 Å². The van der Waals surface area contributed by atoms with Crippen molar-refractivity contribution in [2.45, 2.75) is 38.8 Å². The number of benzene rings is 1. The molecular weight excluding hydrogens is 242 g/mol. The Morgan fingerprint density at radius 1 is 1.32 bits per heavy atom. The molecule has 2 rings (SSSR count). The Balaban J connectivity index is 1.87. The fraction of sp³-hybridized carbons (Fsp3) is 0.467. The third-order valence-corrected chi connectivity index (χ3v) is 3.39. The Hall–Kier alpha value is -1.84. The molecule has 1 fully saturated rings. The lowest BCUT2D eigenvalue weighted by atomic mass is 10.1. The van der Waals surface area contributed by atoms with Crippen molar-refractivity contribution in [1.29, 1.82) is 0 Å². The average Bonchev–Trinajstić information content (AvgIpc) is 2.45. The average molecular weight is 261 g/mol. The Kier molecular flexibility index (Phi) is 4.55. The second kappa shape index (κ2) is 6.36. The third-order valence-electron chi connectivity index (χ3n) is 3.39. The Bertz CT molecular complexity index is 444. The molecule has 1 amide bonds. The second-order valence-electron chi connectivity index (χ2n) is 4.81. The number of amides is 1. The topological polar surface area (TPSA) is 46.6 Å². The lowest BCUT2D eigenvalue weighted by Gasteiger charge is -2.31. The van der Waals surface area contributed by atoms with Gasteiger partial charge in [0.25, 0.3) is 0 Å². The molecule has 0 aromatic heterocycles. The molecule has 1 atom stereocenters. The van der Waals surface area contributed by atoms with E-state index in [1.807, 2.05) is 30.3 Å². The van der Waals surface area contributed by atoms with Crippen molar-refractivity contribution in [3.8, 4) is 0 Å². The van der Waals surface area contributed by atoms with Gasteiger partial charge in [-0.3, -0.25) is 4.79 Å². The van der Waals surface area contributed by atoms with E-state index in [1.165, 1.54) is 0 Å². The molecule has 1 aliphatic heterocycles. The van der Waals surface area contributed by atoms with Crippen LogP contribution in [0.5, 0.6) is 0 Å². The number of likely N-dealkylation sites (tertiary alicyclic amines) is 1. The van der Waals surface area contributed by atoms with Crippen LogP contribution in [0.4, 0.5) is 0 Å². The van der Waals surface area contributed by atoms with E-state index in [1.54, 1.807) is 11.8 Å². The molecule has 1 unspecified atom stereocenters. The maximum Gasteiger partial charge on any atom is 0.328 e. The summed E-state index contributed by atoms with van der Waals surface area (Å²) in [5, 5.41) is 0. The Morgan fingerprint density at radius 3 is 2.74 bits per heavy atom. The molecule has 1 aliphatic rings. The van der Waals surface area contributed by atoms with Crippen LogP contribution < -0.4 is 0 Å². The van der Waals surface area contributed by atoms with Gasteiger partial charge in [0, 0.05) is 13.0 Å². The number of carbonyl (C=O) groups is 2. The number of hydrogen-bond donors (Lipinski definition) is 0. The van der Waals surface area contributed by atoms with Crippen molar-refractivity contribution in [1.82, 2.24) is 4.90 Å². The van der Waals surface area contributed by atoms with Crippen LogP contribution in [0.2, 0.25) is 0 Å². The molecule has 0 spiro atoms. The first-order valence-corrected chi connectivity index (χ1v) is 6.68. The summed E-state index contributed by atoms with van der Waals surface area (Å²) in [6.07, 6.45) is 2.42. The molecule has 0 aliphatic carbocycles. The summed E-state index contributed by atoms with van der Waals surface area (Å²) < 4.78 is 5.26. The van der Waals surface area contributed by atoms with E-state index >= 15 is 0 Å². The van der Waals surface area contributed by atoms with Gasteiger partial charge in [-0.25, -0.2) is 4.79 Å². The highest BCUT2D eigenvalue weighted by Crippen LogP contribution is 2.15. The molecule has 0 saturated carbocycles. The number of rotatable bonds is 4. The number of ether oxygens (including phenoxy) is 1. The summed E-state index contributed by atoms with van der Waals surface area (Å²) in [7, 11) is 0. The van der Waals surface area contributed by atoms with Gasteiger partial charge in [-0.1, -0.05) is 30.3 Å². The van der Waals surface area contributed by atoms with Crippen molar-refractivity contribution in [2.24, 2.45) is 0 Å². The largest absolute Gasteiger partial charge is 0.459 e. The van der Waals surface area contributed by atoms with Gasteiger partial charge in [0.2, 0.25) is 5.91 Å². The van der Waals surface area contributed by atoms with Gasteiger partial charge in [-0.2, -0.15) is 0 Å². The van der Waals surface area contributed by atoms with Crippen LogP contribution in [0.1, 0.15) is 31.7 Å². The zero-order valence-electron chi connectivity index (χ0n) is 11.2. The van der Waals surface area contributed by atoms with E-state index in [0.717, 1.165) is 18.4 Å². The van der Waals surface area contributed by atoms with E-state index in [-0.39, 0.29) is 18.5 Å². The van der Waals surface area contributed by atoms with Gasteiger partial charge in [-0.05, 0) is 25.3 Å². The number of nitrogens with zero attached hydrogens (tertiary/aromatic N) is 1. The van der Waals surface area contributed by atoms with Gasteiger partial charge in [-0.15, -0.1) is 0 Å². The molecule has 1 aromatic rings. The van der Waals surface area contributed by atoms with Crippen molar-refractivity contribution < 1.29 is 14.3 Å². The van der Waals surface area contributed by atoms with E-state index in [2.05, 4.69) is 0 Å². The van der Waals surface area contributed by atoms with Crippen LogP contribution in [0.15, 0.2) is 30.3 Å². The first kappa shape index (κ1) is 13.6. The highest BCUT2D eigenvalue weighted by atomic mass is 16.5. The summed E-state index contributed by atoms with van der Waals surface area (Å²) >= 11 is 0. The third kappa shape index (κ3) is 3.56. The van der Waals surface area contributed by atoms with Crippen LogP contribution in [-0.4, -0.2) is 29.4 Å². The molecule has 1 saturated heterocycles. The van der Waals surface area contributed by atoms with Gasteiger partial charge < -0.3 is 9.64 Å². The highest BCUT2D eigenvalue weighted by molar-refractivity contribution is 5.84. The minimum atomic E-state index is -0.489. The zero-order chi connectivity index (χ0) is 13.7. The summed E-state index contributed by atoms with van der Waals surface area (Å²) in [6, 6.07) is 9.05. The van der Waals surface area contributed by atoms with Crippen LogP contribution in [-0.2, 0) is 20.9 Å². The fourth-order valence-electron chi connectivity index (χ4n) is 2.21. The van der Waals surface area contributed by atoms with Crippen molar-refractivity contribution >= 4 is 11.9 Å². The van der Waals surface area contributed by atoms with Gasteiger partial charge >= 0.3 is 5.97 Å². The molecule has 0 N–H and O–H groups in total. The van der Waals surface area contributed by atoms with Crippen LogP contribution in [0.25, 0.3) is 0 Å². The lowest BCUT2D eigenvalue weighted by Crippen LogP contribution is -2.46. The summed E-state index contributed by atoms with van der Waals surface area (Å²) in [4.78, 5) is 25.3. The first-order chi connectivity index (χ1) is 9.18. The minimum Gasteiger partial charge on any atom is -0.459 e. The highest BCUT2D eigenvalue weighted by Gasteiger charge is 2.28. The van der Waals surface area contributed by atoms with Crippen molar-refractivity contribution in [3.63, 3.8) is 0 Å². The molecule has 0 radical (unpaired) electrons. The minimum absolute atomic E-state index is 0.0513. The fourth-order valence-corrected chi connectivity index (χ4v) is 2.21. The zero-order valence-corrected chi connectivity index (χ0v) is 11.2.